The smallest absolute Gasteiger partial charge is 0.157 e. The molecule has 0 aliphatic rings. The summed E-state index contributed by atoms with van der Waals surface area (Å²) < 4.78 is 15.3. The zero-order chi connectivity index (χ0) is 19.7. The second-order valence-corrected chi connectivity index (χ2v) is 6.38. The highest BCUT2D eigenvalue weighted by molar-refractivity contribution is 5.99. The highest BCUT2D eigenvalue weighted by Gasteiger charge is 2.07. The number of aryl methyl sites for hydroxylation is 1. The average Bonchev–Trinajstić information content (AvgIpc) is 3.04. The van der Waals surface area contributed by atoms with Crippen LogP contribution in [0.4, 0.5) is 10.2 Å². The van der Waals surface area contributed by atoms with Crippen molar-refractivity contribution in [3.8, 4) is 5.82 Å². The van der Waals surface area contributed by atoms with E-state index in [0.29, 0.717) is 16.7 Å². The second-order valence-electron chi connectivity index (χ2n) is 6.38. The lowest BCUT2D eigenvalue weighted by atomic mass is 10.2. The molecule has 0 aliphatic carbocycles. The number of pyridine rings is 1. The highest BCUT2D eigenvalue weighted by Crippen LogP contribution is 2.20. The maximum atomic E-state index is 13.4. The predicted octanol–water partition coefficient (Wildman–Crippen LogP) is 3.80. The minimum atomic E-state index is -0.341. The number of hydrazone groups is 1. The van der Waals surface area contributed by atoms with Gasteiger partial charge in [-0.15, -0.1) is 0 Å². The molecule has 0 unspecified atom stereocenters. The Morgan fingerprint density at radius 1 is 1.07 bits per heavy atom. The predicted molar refractivity (Wildman–Crippen MR) is 106 cm³/mol. The summed E-state index contributed by atoms with van der Waals surface area (Å²) in [4.78, 5) is 17.1. The van der Waals surface area contributed by atoms with Gasteiger partial charge in [0.05, 0.1) is 16.9 Å². The third-order valence-corrected chi connectivity index (χ3v) is 4.59. The Morgan fingerprint density at radius 3 is 2.64 bits per heavy atom. The summed E-state index contributed by atoms with van der Waals surface area (Å²) in [6.45, 7) is 5.85. The zero-order valence-corrected chi connectivity index (χ0v) is 15.7. The van der Waals surface area contributed by atoms with E-state index < -0.39 is 0 Å². The van der Waals surface area contributed by atoms with Gasteiger partial charge in [0.25, 0.3) is 0 Å². The minimum Gasteiger partial charge on any atom is -0.287 e. The second kappa shape index (κ2) is 7.15. The molecule has 140 valence electrons. The molecule has 0 saturated heterocycles. The monoisotopic (exact) mass is 375 g/mol. The van der Waals surface area contributed by atoms with Crippen molar-refractivity contribution in [2.75, 3.05) is 5.43 Å². The van der Waals surface area contributed by atoms with Gasteiger partial charge in [0.1, 0.15) is 24.3 Å². The Hall–Kier alpha value is -3.68. The van der Waals surface area contributed by atoms with Crippen LogP contribution in [0, 0.1) is 19.7 Å². The maximum absolute atomic E-state index is 13.4. The van der Waals surface area contributed by atoms with E-state index in [0.717, 1.165) is 28.5 Å². The number of hydrogen-bond donors (Lipinski definition) is 1. The first kappa shape index (κ1) is 17.7. The van der Waals surface area contributed by atoms with Crippen molar-refractivity contribution >= 4 is 22.4 Å². The van der Waals surface area contributed by atoms with Gasteiger partial charge in [-0.25, -0.2) is 24.3 Å². The van der Waals surface area contributed by atoms with Gasteiger partial charge in [-0.3, -0.25) is 9.99 Å². The minimum absolute atomic E-state index is 0.341. The molecule has 4 aromatic rings. The van der Waals surface area contributed by atoms with Crippen molar-refractivity contribution < 1.29 is 4.39 Å². The molecule has 0 fully saturated rings. The van der Waals surface area contributed by atoms with Gasteiger partial charge in [0.2, 0.25) is 0 Å². The number of nitrogens with one attached hydrogen (secondary N) is 1. The number of halogens is 1. The van der Waals surface area contributed by atoms with Crippen LogP contribution in [0.15, 0.2) is 54.3 Å². The molecule has 3 heterocycles. The Labute approximate surface area is 161 Å². The maximum Gasteiger partial charge on any atom is 0.157 e. The molecule has 0 spiro atoms. The number of imidazole rings is 1. The lowest BCUT2D eigenvalue weighted by molar-refractivity contribution is 0.629. The summed E-state index contributed by atoms with van der Waals surface area (Å²) in [6.07, 6.45) is 4.90. The lowest BCUT2D eigenvalue weighted by Crippen LogP contribution is -2.04. The summed E-state index contributed by atoms with van der Waals surface area (Å²) in [6, 6.07) is 8.23. The van der Waals surface area contributed by atoms with E-state index in [9.17, 15) is 4.39 Å². The normalized spacial score (nSPS) is 11.8. The van der Waals surface area contributed by atoms with Crippen LogP contribution in [0.2, 0.25) is 0 Å². The number of aromatic nitrogens is 5. The van der Waals surface area contributed by atoms with Crippen LogP contribution < -0.4 is 5.43 Å². The third kappa shape index (κ3) is 3.32. The standard InChI is InChI=1S/C20H18FN7/c1-12-14(3)28(11-25-12)19-7-4-15(9-22-19)13(2)26-27-20-17-6-5-16(21)8-18(17)23-10-24-20/h4-11H,1-3H3,(H,23,24,27)/b26-13+. The van der Waals surface area contributed by atoms with Gasteiger partial charge in [0, 0.05) is 28.9 Å². The molecule has 8 heteroatoms. The number of benzene rings is 1. The van der Waals surface area contributed by atoms with E-state index in [-0.39, 0.29) is 5.82 Å². The summed E-state index contributed by atoms with van der Waals surface area (Å²) in [7, 11) is 0. The zero-order valence-electron chi connectivity index (χ0n) is 15.7. The van der Waals surface area contributed by atoms with E-state index >= 15 is 0 Å². The number of anilines is 1. The fraction of sp³-hybridized carbons (Fsp3) is 0.150. The number of hydrogen-bond acceptors (Lipinski definition) is 6. The number of fused-ring (bicyclic) bond motifs is 1. The van der Waals surface area contributed by atoms with E-state index in [1.54, 1.807) is 18.6 Å². The van der Waals surface area contributed by atoms with Gasteiger partial charge in [0.15, 0.2) is 5.82 Å². The van der Waals surface area contributed by atoms with E-state index in [4.69, 9.17) is 0 Å². The van der Waals surface area contributed by atoms with E-state index in [1.165, 1.54) is 18.5 Å². The number of nitrogens with zero attached hydrogens (tertiary/aromatic N) is 6. The third-order valence-electron chi connectivity index (χ3n) is 4.59. The Morgan fingerprint density at radius 2 is 1.93 bits per heavy atom. The van der Waals surface area contributed by atoms with Crippen molar-refractivity contribution in [3.63, 3.8) is 0 Å². The fourth-order valence-electron chi connectivity index (χ4n) is 2.79. The quantitative estimate of drug-likeness (QED) is 0.433. The molecule has 4 rings (SSSR count). The SMILES string of the molecule is C/C(=N\Nc1ncnc2cc(F)ccc12)c1ccc(-n2cnc(C)c2C)nc1. The Balaban J connectivity index is 1.57. The van der Waals surface area contributed by atoms with Crippen LogP contribution in [0.5, 0.6) is 0 Å². The van der Waals surface area contributed by atoms with Gasteiger partial charge in [-0.2, -0.15) is 5.10 Å². The largest absolute Gasteiger partial charge is 0.287 e. The Kier molecular flexibility index (Phi) is 4.52. The van der Waals surface area contributed by atoms with Crippen LogP contribution in [0.25, 0.3) is 16.7 Å². The summed E-state index contributed by atoms with van der Waals surface area (Å²) in [5, 5.41) is 5.08. The van der Waals surface area contributed by atoms with Crippen molar-refractivity contribution in [1.29, 1.82) is 0 Å². The first-order valence-electron chi connectivity index (χ1n) is 8.71. The lowest BCUT2D eigenvalue weighted by Gasteiger charge is -2.07. The fourth-order valence-corrected chi connectivity index (χ4v) is 2.79. The first-order chi connectivity index (χ1) is 13.5. The molecule has 28 heavy (non-hydrogen) atoms. The summed E-state index contributed by atoms with van der Waals surface area (Å²) in [5.41, 5.74) is 7.10. The summed E-state index contributed by atoms with van der Waals surface area (Å²) >= 11 is 0. The van der Waals surface area contributed by atoms with Crippen LogP contribution in [-0.2, 0) is 0 Å². The van der Waals surface area contributed by atoms with Crippen molar-refractivity contribution in [2.24, 2.45) is 5.10 Å². The molecular weight excluding hydrogens is 357 g/mol. The van der Waals surface area contributed by atoms with Crippen LogP contribution in [0.3, 0.4) is 0 Å². The van der Waals surface area contributed by atoms with Crippen LogP contribution in [0.1, 0.15) is 23.9 Å². The average molecular weight is 375 g/mol. The first-order valence-corrected chi connectivity index (χ1v) is 8.71. The summed E-state index contributed by atoms with van der Waals surface area (Å²) in [5.74, 6) is 0.969. The molecule has 0 atom stereocenters. The van der Waals surface area contributed by atoms with Crippen LogP contribution >= 0.6 is 0 Å². The van der Waals surface area contributed by atoms with Gasteiger partial charge in [-0.05, 0) is 45.0 Å². The molecule has 7 nitrogen and oxygen atoms in total. The highest BCUT2D eigenvalue weighted by atomic mass is 19.1. The van der Waals surface area contributed by atoms with Gasteiger partial charge < -0.3 is 0 Å². The van der Waals surface area contributed by atoms with Gasteiger partial charge >= 0.3 is 0 Å². The van der Waals surface area contributed by atoms with Crippen molar-refractivity contribution in [2.45, 2.75) is 20.8 Å². The molecule has 1 aromatic carbocycles. The number of rotatable bonds is 4. The van der Waals surface area contributed by atoms with E-state index in [1.807, 2.05) is 37.5 Å². The van der Waals surface area contributed by atoms with Crippen LogP contribution in [-0.4, -0.2) is 30.2 Å². The van der Waals surface area contributed by atoms with E-state index in [2.05, 4.69) is 30.5 Å². The molecule has 0 radical (unpaired) electrons. The van der Waals surface area contributed by atoms with Gasteiger partial charge in [-0.1, -0.05) is 0 Å². The molecule has 0 aliphatic heterocycles. The molecule has 1 N–H and O–H groups in total. The molecular formula is C20H18FN7. The molecule has 0 bridgehead atoms. The Bertz CT molecular complexity index is 1180. The molecule has 0 amide bonds. The molecule has 3 aromatic heterocycles. The van der Waals surface area contributed by atoms with Crippen molar-refractivity contribution in [1.82, 2.24) is 24.5 Å². The topological polar surface area (TPSA) is 80.9 Å². The van der Waals surface area contributed by atoms with Crippen molar-refractivity contribution in [3.05, 3.63) is 72.0 Å². The molecule has 0 saturated carbocycles.